The van der Waals surface area contributed by atoms with Gasteiger partial charge in [0.2, 0.25) is 0 Å². The first-order chi connectivity index (χ1) is 7.31. The van der Waals surface area contributed by atoms with Gasteiger partial charge in [0.25, 0.3) is 0 Å². The highest BCUT2D eigenvalue weighted by Gasteiger charge is 2.12. The third kappa shape index (κ3) is 2.29. The van der Waals surface area contributed by atoms with Gasteiger partial charge in [-0.1, -0.05) is 6.07 Å². The number of rotatable bonds is 2. The Balaban J connectivity index is 2.17. The Morgan fingerprint density at radius 2 is 1.93 bits per heavy atom. The number of hydrogen-bond acceptors (Lipinski definition) is 2. The Bertz CT molecular complexity index is 332. The van der Waals surface area contributed by atoms with E-state index in [0.717, 1.165) is 18.8 Å². The predicted octanol–water partition coefficient (Wildman–Crippen LogP) is 2.27. The summed E-state index contributed by atoms with van der Waals surface area (Å²) in [5, 5.41) is 0. The van der Waals surface area contributed by atoms with Crippen molar-refractivity contribution in [1.82, 2.24) is 0 Å². The molecule has 0 amide bonds. The van der Waals surface area contributed by atoms with E-state index in [4.69, 9.17) is 5.73 Å². The lowest BCUT2D eigenvalue weighted by molar-refractivity contribution is 0.572. The van der Waals surface area contributed by atoms with Gasteiger partial charge in [-0.3, -0.25) is 0 Å². The highest BCUT2D eigenvalue weighted by atomic mass is 19.1. The van der Waals surface area contributed by atoms with Crippen LogP contribution in [0.1, 0.15) is 24.8 Å². The first-order valence-electron chi connectivity index (χ1n) is 5.54. The van der Waals surface area contributed by atoms with Gasteiger partial charge in [0.15, 0.2) is 0 Å². The summed E-state index contributed by atoms with van der Waals surface area (Å²) in [4.78, 5) is 2.24. The fraction of sp³-hybridized carbons (Fsp3) is 0.500. The minimum atomic E-state index is -0.180. The molecule has 2 rings (SSSR count). The molecular weight excluding hydrogens is 191 g/mol. The second-order valence-corrected chi connectivity index (χ2v) is 4.03. The van der Waals surface area contributed by atoms with Crippen molar-refractivity contribution in [2.75, 3.05) is 18.0 Å². The van der Waals surface area contributed by atoms with E-state index in [9.17, 15) is 4.39 Å². The van der Waals surface area contributed by atoms with Gasteiger partial charge in [0.1, 0.15) is 5.82 Å². The highest BCUT2D eigenvalue weighted by molar-refractivity contribution is 5.48. The van der Waals surface area contributed by atoms with Crippen LogP contribution < -0.4 is 10.6 Å². The van der Waals surface area contributed by atoms with Crippen molar-refractivity contribution in [2.24, 2.45) is 5.73 Å². The summed E-state index contributed by atoms with van der Waals surface area (Å²) in [5.41, 5.74) is 7.01. The summed E-state index contributed by atoms with van der Waals surface area (Å²) in [5.74, 6) is -0.180. The molecule has 0 atom stereocenters. The van der Waals surface area contributed by atoms with Gasteiger partial charge in [0.05, 0.1) is 0 Å². The summed E-state index contributed by atoms with van der Waals surface area (Å²) < 4.78 is 13.5. The molecule has 1 aromatic carbocycles. The van der Waals surface area contributed by atoms with Crippen LogP contribution in [0.5, 0.6) is 0 Å². The molecule has 2 nitrogen and oxygen atoms in total. The topological polar surface area (TPSA) is 29.3 Å². The van der Waals surface area contributed by atoms with E-state index in [0.29, 0.717) is 5.56 Å². The number of nitrogens with zero attached hydrogens (tertiary/aromatic N) is 1. The molecule has 0 radical (unpaired) electrons. The van der Waals surface area contributed by atoms with Gasteiger partial charge in [-0.15, -0.1) is 0 Å². The summed E-state index contributed by atoms with van der Waals surface area (Å²) >= 11 is 0. The maximum absolute atomic E-state index is 13.5. The van der Waals surface area contributed by atoms with E-state index in [2.05, 4.69) is 4.90 Å². The molecule has 0 spiro atoms. The zero-order chi connectivity index (χ0) is 10.7. The van der Waals surface area contributed by atoms with Crippen LogP contribution in [0.25, 0.3) is 0 Å². The molecule has 1 aromatic rings. The third-order valence-electron chi connectivity index (χ3n) is 2.98. The maximum atomic E-state index is 13.5. The van der Waals surface area contributed by atoms with Crippen LogP contribution in [0.2, 0.25) is 0 Å². The van der Waals surface area contributed by atoms with Gasteiger partial charge >= 0.3 is 0 Å². The second-order valence-electron chi connectivity index (χ2n) is 4.03. The molecule has 0 saturated carbocycles. The molecule has 1 aliphatic heterocycles. The minimum absolute atomic E-state index is 0.180. The van der Waals surface area contributed by atoms with Crippen LogP contribution in [0, 0.1) is 5.82 Å². The average molecular weight is 208 g/mol. The van der Waals surface area contributed by atoms with Crippen molar-refractivity contribution in [2.45, 2.75) is 25.8 Å². The maximum Gasteiger partial charge on any atom is 0.129 e. The molecule has 1 fully saturated rings. The Kier molecular flexibility index (Phi) is 3.21. The molecule has 1 aliphatic rings. The van der Waals surface area contributed by atoms with Crippen LogP contribution >= 0.6 is 0 Å². The monoisotopic (exact) mass is 208 g/mol. The Morgan fingerprint density at radius 1 is 1.20 bits per heavy atom. The van der Waals surface area contributed by atoms with Crippen LogP contribution in [0.4, 0.5) is 10.1 Å². The molecule has 2 N–H and O–H groups in total. The zero-order valence-corrected chi connectivity index (χ0v) is 8.88. The molecule has 3 heteroatoms. The van der Waals surface area contributed by atoms with Crippen LogP contribution in [0.3, 0.4) is 0 Å². The van der Waals surface area contributed by atoms with E-state index in [-0.39, 0.29) is 12.4 Å². The molecule has 15 heavy (non-hydrogen) atoms. The van der Waals surface area contributed by atoms with E-state index in [1.807, 2.05) is 6.07 Å². The minimum Gasteiger partial charge on any atom is -0.371 e. The van der Waals surface area contributed by atoms with Gasteiger partial charge < -0.3 is 10.6 Å². The molecule has 82 valence electrons. The van der Waals surface area contributed by atoms with Crippen molar-refractivity contribution < 1.29 is 4.39 Å². The number of piperidine rings is 1. The summed E-state index contributed by atoms with van der Waals surface area (Å²) in [6, 6.07) is 5.36. The van der Waals surface area contributed by atoms with Crippen molar-refractivity contribution in [1.29, 1.82) is 0 Å². The number of hydrogen-bond donors (Lipinski definition) is 1. The lowest BCUT2D eigenvalue weighted by atomic mass is 10.1. The van der Waals surface area contributed by atoms with Crippen molar-refractivity contribution >= 4 is 5.69 Å². The van der Waals surface area contributed by atoms with Crippen LogP contribution in [0.15, 0.2) is 18.2 Å². The lowest BCUT2D eigenvalue weighted by Crippen LogP contribution is -2.29. The summed E-state index contributed by atoms with van der Waals surface area (Å²) in [6.45, 7) is 2.36. The molecular formula is C12H17FN2. The van der Waals surface area contributed by atoms with Gasteiger partial charge in [-0.2, -0.15) is 0 Å². The molecule has 1 heterocycles. The second kappa shape index (κ2) is 4.62. The lowest BCUT2D eigenvalue weighted by Gasteiger charge is -2.29. The molecule has 0 unspecified atom stereocenters. The molecule has 0 aromatic heterocycles. The standard InChI is InChI=1S/C12H17FN2/c13-12-8-11(5-4-10(12)9-14)15-6-2-1-3-7-15/h4-5,8H,1-3,6-7,9,14H2. The molecule has 1 saturated heterocycles. The molecule has 0 bridgehead atoms. The summed E-state index contributed by atoms with van der Waals surface area (Å²) in [7, 11) is 0. The Labute approximate surface area is 89.9 Å². The van der Waals surface area contributed by atoms with E-state index in [1.54, 1.807) is 12.1 Å². The normalized spacial score (nSPS) is 16.8. The molecule has 0 aliphatic carbocycles. The Hall–Kier alpha value is -1.09. The quantitative estimate of drug-likeness (QED) is 0.808. The van der Waals surface area contributed by atoms with Crippen molar-refractivity contribution in [3.63, 3.8) is 0 Å². The van der Waals surface area contributed by atoms with Crippen molar-refractivity contribution in [3.05, 3.63) is 29.6 Å². The summed E-state index contributed by atoms with van der Waals surface area (Å²) in [6.07, 6.45) is 3.71. The number of anilines is 1. The van der Waals surface area contributed by atoms with Gasteiger partial charge in [0, 0.05) is 30.9 Å². The number of benzene rings is 1. The zero-order valence-electron chi connectivity index (χ0n) is 8.88. The van der Waals surface area contributed by atoms with Crippen LogP contribution in [-0.2, 0) is 6.54 Å². The largest absolute Gasteiger partial charge is 0.371 e. The number of halogens is 1. The Morgan fingerprint density at radius 3 is 2.53 bits per heavy atom. The van der Waals surface area contributed by atoms with Gasteiger partial charge in [-0.05, 0) is 31.4 Å². The smallest absolute Gasteiger partial charge is 0.129 e. The number of nitrogens with two attached hydrogens (primary N) is 1. The van der Waals surface area contributed by atoms with E-state index < -0.39 is 0 Å². The van der Waals surface area contributed by atoms with Crippen LogP contribution in [-0.4, -0.2) is 13.1 Å². The predicted molar refractivity (Wildman–Crippen MR) is 60.4 cm³/mol. The first kappa shape index (κ1) is 10.4. The van der Waals surface area contributed by atoms with E-state index in [1.165, 1.54) is 19.3 Å². The fourth-order valence-corrected chi connectivity index (χ4v) is 2.05. The van der Waals surface area contributed by atoms with Crippen molar-refractivity contribution in [3.8, 4) is 0 Å². The SMILES string of the molecule is NCc1ccc(N2CCCCC2)cc1F. The third-order valence-corrected chi connectivity index (χ3v) is 2.98. The van der Waals surface area contributed by atoms with E-state index >= 15 is 0 Å². The first-order valence-corrected chi connectivity index (χ1v) is 5.54. The highest BCUT2D eigenvalue weighted by Crippen LogP contribution is 2.22. The van der Waals surface area contributed by atoms with Gasteiger partial charge in [-0.25, -0.2) is 4.39 Å². The average Bonchev–Trinajstić information content (AvgIpc) is 2.30. The fourth-order valence-electron chi connectivity index (χ4n) is 2.05.